The van der Waals surface area contributed by atoms with Gasteiger partial charge in [-0.1, -0.05) is 6.42 Å². The quantitative estimate of drug-likeness (QED) is 0.750. The van der Waals surface area contributed by atoms with Gasteiger partial charge in [0.25, 0.3) is 0 Å². The van der Waals surface area contributed by atoms with Crippen molar-refractivity contribution in [1.82, 2.24) is 4.31 Å². The summed E-state index contributed by atoms with van der Waals surface area (Å²) < 4.78 is 26.4. The number of carboxylic acid groups (broad SMARTS) is 1. The van der Waals surface area contributed by atoms with Gasteiger partial charge < -0.3 is 15.3 Å². The molecule has 0 aromatic heterocycles. The van der Waals surface area contributed by atoms with Gasteiger partial charge in [-0.15, -0.1) is 0 Å². The molecule has 116 valence electrons. The fourth-order valence-electron chi connectivity index (χ4n) is 2.46. The van der Waals surface area contributed by atoms with Gasteiger partial charge in [0.15, 0.2) is 0 Å². The molecule has 21 heavy (non-hydrogen) atoms. The summed E-state index contributed by atoms with van der Waals surface area (Å²) in [7, 11) is -3.90. The maximum absolute atomic E-state index is 12.6. The van der Waals surface area contributed by atoms with Gasteiger partial charge in [0.05, 0.1) is 11.5 Å². The number of aromatic carboxylic acids is 1. The summed E-state index contributed by atoms with van der Waals surface area (Å²) in [5, 5.41) is 27.7. The first-order chi connectivity index (χ1) is 9.87. The number of benzene rings is 1. The van der Waals surface area contributed by atoms with E-state index in [-0.39, 0.29) is 18.0 Å². The van der Waals surface area contributed by atoms with Crippen molar-refractivity contribution in [3.8, 4) is 5.75 Å². The van der Waals surface area contributed by atoms with Crippen LogP contribution in [0, 0.1) is 0 Å². The molecule has 1 aromatic rings. The van der Waals surface area contributed by atoms with Gasteiger partial charge in [-0.05, 0) is 31.0 Å². The molecule has 1 heterocycles. The summed E-state index contributed by atoms with van der Waals surface area (Å²) >= 11 is 0. The molecule has 8 heteroatoms. The molecule has 7 nitrogen and oxygen atoms in total. The van der Waals surface area contributed by atoms with Crippen molar-refractivity contribution in [2.75, 3.05) is 13.2 Å². The fourth-order valence-corrected chi connectivity index (χ4v) is 4.17. The number of piperidine rings is 1. The van der Waals surface area contributed by atoms with E-state index in [2.05, 4.69) is 0 Å². The zero-order valence-electron chi connectivity index (χ0n) is 11.3. The monoisotopic (exact) mass is 315 g/mol. The van der Waals surface area contributed by atoms with Crippen LogP contribution < -0.4 is 0 Å². The summed E-state index contributed by atoms with van der Waals surface area (Å²) in [5.74, 6) is -1.89. The number of hydrogen-bond donors (Lipinski definition) is 3. The smallest absolute Gasteiger partial charge is 0.339 e. The summed E-state index contributed by atoms with van der Waals surface area (Å²) in [4.78, 5) is 10.8. The Morgan fingerprint density at radius 3 is 2.67 bits per heavy atom. The Labute approximate surface area is 122 Å². The number of aliphatic hydroxyl groups is 1. The standard InChI is InChI=1S/C13H17NO6S/c15-8-9-3-1-2-6-14(9)21(19,20)10-4-5-12(16)11(7-10)13(17)18/h4-5,7,9,15-16H,1-3,6,8H2,(H,17,18). The number of rotatable bonds is 4. The minimum Gasteiger partial charge on any atom is -0.507 e. The molecule has 0 aliphatic carbocycles. The van der Waals surface area contributed by atoms with Crippen molar-refractivity contribution in [3.63, 3.8) is 0 Å². The Morgan fingerprint density at radius 2 is 2.05 bits per heavy atom. The summed E-state index contributed by atoms with van der Waals surface area (Å²) in [6, 6.07) is 2.66. The van der Waals surface area contributed by atoms with E-state index in [4.69, 9.17) is 5.11 Å². The van der Waals surface area contributed by atoms with Crippen molar-refractivity contribution in [2.24, 2.45) is 0 Å². The van der Waals surface area contributed by atoms with E-state index in [0.29, 0.717) is 12.8 Å². The average Bonchev–Trinajstić information content (AvgIpc) is 2.47. The minimum absolute atomic E-state index is 0.196. The van der Waals surface area contributed by atoms with Gasteiger partial charge in [0, 0.05) is 12.6 Å². The van der Waals surface area contributed by atoms with Crippen LogP contribution in [-0.4, -0.2) is 53.2 Å². The van der Waals surface area contributed by atoms with Crippen molar-refractivity contribution in [1.29, 1.82) is 0 Å². The molecule has 3 N–H and O–H groups in total. The Bertz CT molecular complexity index is 642. The Kier molecular flexibility index (Phi) is 4.50. The predicted molar refractivity (Wildman–Crippen MR) is 73.7 cm³/mol. The zero-order valence-corrected chi connectivity index (χ0v) is 12.1. The van der Waals surface area contributed by atoms with Gasteiger partial charge in [0.1, 0.15) is 11.3 Å². The SMILES string of the molecule is O=C(O)c1cc(S(=O)(=O)N2CCCCC2CO)ccc1O. The topological polar surface area (TPSA) is 115 Å². The number of carboxylic acids is 1. The lowest BCUT2D eigenvalue weighted by molar-refractivity contribution is 0.0693. The van der Waals surface area contributed by atoms with Crippen LogP contribution in [0.15, 0.2) is 23.1 Å². The second-order valence-electron chi connectivity index (χ2n) is 4.93. The van der Waals surface area contributed by atoms with Crippen LogP contribution in [0.25, 0.3) is 0 Å². The number of aliphatic hydroxyl groups excluding tert-OH is 1. The van der Waals surface area contributed by atoms with E-state index in [9.17, 15) is 23.4 Å². The molecular weight excluding hydrogens is 298 g/mol. The first-order valence-corrected chi connectivity index (χ1v) is 8.01. The number of phenols is 1. The van der Waals surface area contributed by atoms with E-state index in [0.717, 1.165) is 18.6 Å². The highest BCUT2D eigenvalue weighted by atomic mass is 32.2. The average molecular weight is 315 g/mol. The van der Waals surface area contributed by atoms with E-state index in [1.54, 1.807) is 0 Å². The maximum Gasteiger partial charge on any atom is 0.339 e. The molecule has 0 saturated carbocycles. The fraction of sp³-hybridized carbons (Fsp3) is 0.462. The summed E-state index contributed by atoms with van der Waals surface area (Å²) in [5.41, 5.74) is -0.464. The Balaban J connectivity index is 2.43. The number of carbonyl (C=O) groups is 1. The van der Waals surface area contributed by atoms with Gasteiger partial charge in [-0.3, -0.25) is 0 Å². The molecule has 1 fully saturated rings. The first kappa shape index (κ1) is 15.7. The first-order valence-electron chi connectivity index (χ1n) is 6.57. The number of aromatic hydroxyl groups is 1. The van der Waals surface area contributed by atoms with Crippen LogP contribution in [0.3, 0.4) is 0 Å². The second-order valence-corrected chi connectivity index (χ2v) is 6.82. The second kappa shape index (κ2) is 6.00. The van der Waals surface area contributed by atoms with Gasteiger partial charge in [-0.25, -0.2) is 13.2 Å². The van der Waals surface area contributed by atoms with Crippen LogP contribution in [0.4, 0.5) is 0 Å². The van der Waals surface area contributed by atoms with Crippen LogP contribution >= 0.6 is 0 Å². The molecule has 1 aliphatic rings. The van der Waals surface area contributed by atoms with Crippen LogP contribution in [0.5, 0.6) is 5.75 Å². The van der Waals surface area contributed by atoms with Gasteiger partial charge in [0.2, 0.25) is 10.0 Å². The van der Waals surface area contributed by atoms with E-state index in [1.165, 1.54) is 10.4 Å². The third kappa shape index (κ3) is 3.02. The number of hydrogen-bond acceptors (Lipinski definition) is 5. The Hall–Kier alpha value is -1.64. The zero-order chi connectivity index (χ0) is 15.6. The lowest BCUT2D eigenvalue weighted by atomic mass is 10.1. The molecular formula is C13H17NO6S. The van der Waals surface area contributed by atoms with E-state index < -0.39 is 33.3 Å². The van der Waals surface area contributed by atoms with Gasteiger partial charge >= 0.3 is 5.97 Å². The molecule has 0 amide bonds. The lowest BCUT2D eigenvalue weighted by Crippen LogP contribution is -2.45. The summed E-state index contributed by atoms with van der Waals surface area (Å²) in [6.07, 6.45) is 2.10. The highest BCUT2D eigenvalue weighted by Gasteiger charge is 2.33. The molecule has 1 aliphatic heterocycles. The normalized spacial score (nSPS) is 20.3. The van der Waals surface area contributed by atoms with Crippen LogP contribution in [0.1, 0.15) is 29.6 Å². The molecule has 1 aromatic carbocycles. The minimum atomic E-state index is -3.90. The molecule has 1 atom stereocenters. The molecule has 0 bridgehead atoms. The maximum atomic E-state index is 12.6. The van der Waals surface area contributed by atoms with Crippen LogP contribution in [0.2, 0.25) is 0 Å². The molecule has 1 unspecified atom stereocenters. The van der Waals surface area contributed by atoms with Crippen molar-refractivity contribution < 1.29 is 28.5 Å². The molecule has 1 saturated heterocycles. The summed E-state index contributed by atoms with van der Waals surface area (Å²) in [6.45, 7) is 0.0138. The Morgan fingerprint density at radius 1 is 1.33 bits per heavy atom. The van der Waals surface area contributed by atoms with E-state index >= 15 is 0 Å². The third-order valence-electron chi connectivity index (χ3n) is 3.59. The highest BCUT2D eigenvalue weighted by Crippen LogP contribution is 2.28. The van der Waals surface area contributed by atoms with Crippen LogP contribution in [-0.2, 0) is 10.0 Å². The van der Waals surface area contributed by atoms with Gasteiger partial charge in [-0.2, -0.15) is 4.31 Å². The molecule has 0 spiro atoms. The van der Waals surface area contributed by atoms with E-state index in [1.807, 2.05) is 0 Å². The number of sulfonamides is 1. The highest BCUT2D eigenvalue weighted by molar-refractivity contribution is 7.89. The lowest BCUT2D eigenvalue weighted by Gasteiger charge is -2.33. The van der Waals surface area contributed by atoms with Crippen molar-refractivity contribution in [3.05, 3.63) is 23.8 Å². The predicted octanol–water partition coefficient (Wildman–Crippen LogP) is 0.626. The third-order valence-corrected chi connectivity index (χ3v) is 5.54. The number of nitrogens with zero attached hydrogens (tertiary/aromatic N) is 1. The molecule has 0 radical (unpaired) electrons. The van der Waals surface area contributed by atoms with Crippen molar-refractivity contribution >= 4 is 16.0 Å². The molecule has 2 rings (SSSR count). The van der Waals surface area contributed by atoms with Crippen molar-refractivity contribution in [2.45, 2.75) is 30.2 Å². The largest absolute Gasteiger partial charge is 0.507 e.